The van der Waals surface area contributed by atoms with Gasteiger partial charge < -0.3 is 43.4 Å². The van der Waals surface area contributed by atoms with Crippen molar-refractivity contribution in [3.8, 4) is 0 Å². The van der Waals surface area contributed by atoms with Crippen LogP contribution in [0.3, 0.4) is 0 Å². The SMILES string of the molecule is CCCCCCCCCCCCCCCC(=O)OC[C@H](COP(=O)(O)OC[C@H](O)COP(=O)(O)OC[C@@H](COCCCCCCCCC/C=C\CCCCCCC=O)OCCCCCCC/C=C\CCCCCCC=O)OC(=O)CCCCCCCCCCCCCCC. The number of ether oxygens (including phenoxy) is 4. The van der Waals surface area contributed by atoms with Crippen LogP contribution in [0.25, 0.3) is 0 Å². The van der Waals surface area contributed by atoms with Crippen molar-refractivity contribution in [2.45, 2.75) is 379 Å². The van der Waals surface area contributed by atoms with Crippen molar-refractivity contribution >= 4 is 40.2 Å². The number of aliphatic hydroxyl groups excluding tert-OH is 1. The molecule has 0 aromatic rings. The molecule has 0 aromatic carbocycles. The summed E-state index contributed by atoms with van der Waals surface area (Å²) in [5.74, 6) is -1.02. The standard InChI is InChI=1S/C75H142O17P2/c1-3-5-7-9-11-13-15-23-29-35-41-47-53-59-74(79)87-68-73(92-75(80)60-54-48-42-36-30-24-16-14-12-10-8-6-4-2)70-91-94(83,84)89-66-71(78)65-88-93(81,82)90-69-72(86-64-58-52-46-40-34-28-22-20-26-32-38-44-50-56-62-77)67-85-63-57-51-45-39-33-27-21-18-17-19-25-31-37-43-49-55-61-76/h17,19-20,22,61-62,71-73,78H,3-16,18,21,23-60,63-70H2,1-2H3,(H,81,82)(H,83,84)/b19-17-,22-20-/t71-,72-,73-/m1/s1. The minimum Gasteiger partial charge on any atom is -0.462 e. The summed E-state index contributed by atoms with van der Waals surface area (Å²) in [7, 11) is -9.66. The summed E-state index contributed by atoms with van der Waals surface area (Å²) < 4.78 is 69.9. The second kappa shape index (κ2) is 72.1. The van der Waals surface area contributed by atoms with E-state index in [1.807, 2.05) is 0 Å². The lowest BCUT2D eigenvalue weighted by Crippen LogP contribution is -2.30. The Bertz CT molecular complexity index is 1820. The van der Waals surface area contributed by atoms with Crippen LogP contribution in [0, 0.1) is 0 Å². The van der Waals surface area contributed by atoms with Crippen LogP contribution in [-0.2, 0) is 65.4 Å². The molecule has 0 aliphatic rings. The molecule has 0 spiro atoms. The first-order valence-corrected chi connectivity index (χ1v) is 41.5. The molecule has 5 atom stereocenters. The van der Waals surface area contributed by atoms with Crippen molar-refractivity contribution in [2.75, 3.05) is 52.9 Å². The van der Waals surface area contributed by atoms with Crippen molar-refractivity contribution in [1.29, 1.82) is 0 Å². The molecule has 0 radical (unpaired) electrons. The molecule has 0 aliphatic carbocycles. The van der Waals surface area contributed by atoms with Gasteiger partial charge in [-0.05, 0) is 89.9 Å². The number of carbonyl (C=O) groups is 4. The Morgan fingerprint density at radius 3 is 1.01 bits per heavy atom. The normalized spacial score (nSPS) is 14.1. The maximum absolute atomic E-state index is 13.1. The molecule has 0 heterocycles. The lowest BCUT2D eigenvalue weighted by atomic mass is 10.0. The molecule has 0 aliphatic heterocycles. The quantitative estimate of drug-likeness (QED) is 0.0169. The number of carbonyl (C=O) groups excluding carboxylic acids is 4. The summed E-state index contributed by atoms with van der Waals surface area (Å²) in [6.07, 6.45) is 65.6. The molecule has 0 amide bonds. The second-order valence-corrected chi connectivity index (χ2v) is 29.1. The summed E-state index contributed by atoms with van der Waals surface area (Å²) >= 11 is 0. The Morgan fingerprint density at radius 1 is 0.340 bits per heavy atom. The van der Waals surface area contributed by atoms with Gasteiger partial charge in [-0.1, -0.05) is 269 Å². The van der Waals surface area contributed by atoms with Crippen molar-refractivity contribution in [1.82, 2.24) is 0 Å². The highest BCUT2D eigenvalue weighted by Gasteiger charge is 2.30. The molecule has 2 unspecified atom stereocenters. The highest BCUT2D eigenvalue weighted by molar-refractivity contribution is 7.47. The van der Waals surface area contributed by atoms with Crippen molar-refractivity contribution in [3.05, 3.63) is 24.3 Å². The summed E-state index contributed by atoms with van der Waals surface area (Å²) in [5, 5.41) is 10.6. The number of esters is 2. The molecule has 0 saturated heterocycles. The van der Waals surface area contributed by atoms with Gasteiger partial charge >= 0.3 is 27.6 Å². The van der Waals surface area contributed by atoms with E-state index in [-0.39, 0.29) is 32.7 Å². The minimum atomic E-state index is -4.90. The van der Waals surface area contributed by atoms with Crippen LogP contribution in [0.4, 0.5) is 0 Å². The number of phosphoric acid groups is 2. The molecular weight excluding hydrogens is 1230 g/mol. The fraction of sp³-hybridized carbons (Fsp3) is 0.893. The van der Waals surface area contributed by atoms with Crippen LogP contribution in [0.1, 0.15) is 361 Å². The lowest BCUT2D eigenvalue weighted by Gasteiger charge is -2.21. The number of phosphoric ester groups is 2. The summed E-state index contributed by atoms with van der Waals surface area (Å²) in [6.45, 7) is 2.58. The van der Waals surface area contributed by atoms with Gasteiger partial charge in [0.05, 0.1) is 33.0 Å². The predicted octanol–water partition coefficient (Wildman–Crippen LogP) is 21.1. The van der Waals surface area contributed by atoms with E-state index in [9.17, 15) is 43.2 Å². The molecule has 17 nitrogen and oxygen atoms in total. The third-order valence-corrected chi connectivity index (χ3v) is 18.9. The zero-order valence-electron chi connectivity index (χ0n) is 60.0. The summed E-state index contributed by atoms with van der Waals surface area (Å²) in [6, 6.07) is 0. The van der Waals surface area contributed by atoms with Crippen LogP contribution in [-0.4, -0.2) is 111 Å². The fourth-order valence-electron chi connectivity index (χ4n) is 11.0. The Balaban J connectivity index is 5.14. The number of rotatable bonds is 78. The fourth-order valence-corrected chi connectivity index (χ4v) is 12.6. The van der Waals surface area contributed by atoms with E-state index in [2.05, 4.69) is 38.2 Å². The van der Waals surface area contributed by atoms with E-state index in [4.69, 9.17) is 37.0 Å². The number of allylic oxidation sites excluding steroid dienone is 4. The van der Waals surface area contributed by atoms with Gasteiger partial charge in [0, 0.05) is 38.9 Å². The van der Waals surface area contributed by atoms with E-state index in [0.29, 0.717) is 38.9 Å². The number of unbranched alkanes of at least 4 members (excludes halogenated alkanes) is 46. The number of aliphatic hydroxyl groups is 1. The first-order valence-electron chi connectivity index (χ1n) is 38.5. The average molecular weight is 1380 g/mol. The molecule has 0 aromatic heterocycles. The number of hydrogen-bond acceptors (Lipinski definition) is 15. The van der Waals surface area contributed by atoms with Crippen LogP contribution < -0.4 is 0 Å². The van der Waals surface area contributed by atoms with E-state index < -0.39 is 65.7 Å². The van der Waals surface area contributed by atoms with Gasteiger partial charge in [0.1, 0.15) is 31.4 Å². The number of hydrogen-bond donors (Lipinski definition) is 3. The minimum absolute atomic E-state index is 0.127. The van der Waals surface area contributed by atoms with Gasteiger partial charge in [0.2, 0.25) is 0 Å². The van der Waals surface area contributed by atoms with Crippen LogP contribution in [0.2, 0.25) is 0 Å². The van der Waals surface area contributed by atoms with Crippen molar-refractivity contribution in [3.63, 3.8) is 0 Å². The monoisotopic (exact) mass is 1380 g/mol. The molecule has 0 bridgehead atoms. The van der Waals surface area contributed by atoms with Gasteiger partial charge in [-0.15, -0.1) is 0 Å². The van der Waals surface area contributed by atoms with E-state index in [0.717, 1.165) is 167 Å². The second-order valence-electron chi connectivity index (χ2n) is 26.2. The van der Waals surface area contributed by atoms with Crippen molar-refractivity contribution < 1.29 is 80.2 Å². The Labute approximate surface area is 573 Å². The summed E-state index contributed by atoms with van der Waals surface area (Å²) in [5.41, 5.74) is 0. The Kier molecular flexibility index (Phi) is 70.5. The van der Waals surface area contributed by atoms with E-state index in [1.54, 1.807) is 0 Å². The maximum Gasteiger partial charge on any atom is 0.472 e. The molecule has 0 saturated carbocycles. The zero-order valence-corrected chi connectivity index (χ0v) is 61.8. The molecule has 3 N–H and O–H groups in total. The van der Waals surface area contributed by atoms with Crippen LogP contribution >= 0.6 is 15.6 Å². The van der Waals surface area contributed by atoms with Gasteiger partial charge in [-0.3, -0.25) is 27.7 Å². The van der Waals surface area contributed by atoms with Crippen LogP contribution in [0.5, 0.6) is 0 Å². The molecular formula is C75H142O17P2. The average Bonchev–Trinajstić information content (AvgIpc) is 2.50. The van der Waals surface area contributed by atoms with E-state index in [1.165, 1.54) is 154 Å². The topological polar surface area (TPSA) is 237 Å². The van der Waals surface area contributed by atoms with Gasteiger partial charge in [-0.2, -0.15) is 0 Å². The highest BCUT2D eigenvalue weighted by Crippen LogP contribution is 2.45. The van der Waals surface area contributed by atoms with Gasteiger partial charge in [0.25, 0.3) is 0 Å². The Hall–Kier alpha value is -2.14. The first kappa shape index (κ1) is 91.9. The zero-order chi connectivity index (χ0) is 68.6. The molecule has 0 fully saturated rings. The smallest absolute Gasteiger partial charge is 0.462 e. The third kappa shape index (κ3) is 71.2. The van der Waals surface area contributed by atoms with Gasteiger partial charge in [0.15, 0.2) is 6.10 Å². The third-order valence-electron chi connectivity index (χ3n) is 17.0. The van der Waals surface area contributed by atoms with E-state index >= 15 is 0 Å². The van der Waals surface area contributed by atoms with Gasteiger partial charge in [-0.25, -0.2) is 9.13 Å². The lowest BCUT2D eigenvalue weighted by molar-refractivity contribution is -0.161. The molecule has 19 heteroatoms. The molecule has 0 rings (SSSR count). The highest BCUT2D eigenvalue weighted by atomic mass is 31.2. The Morgan fingerprint density at radius 2 is 0.638 bits per heavy atom. The van der Waals surface area contributed by atoms with Crippen LogP contribution in [0.15, 0.2) is 24.3 Å². The predicted molar refractivity (Wildman–Crippen MR) is 382 cm³/mol. The number of aldehydes is 2. The summed E-state index contributed by atoms with van der Waals surface area (Å²) in [4.78, 5) is 67.9. The molecule has 554 valence electrons. The maximum atomic E-state index is 13.1. The first-order chi connectivity index (χ1) is 45.9. The van der Waals surface area contributed by atoms with Crippen molar-refractivity contribution in [2.24, 2.45) is 0 Å². The largest absolute Gasteiger partial charge is 0.472 e. The molecule has 94 heavy (non-hydrogen) atoms.